The van der Waals surface area contributed by atoms with Crippen molar-refractivity contribution in [2.45, 2.75) is 0 Å². The molecule has 0 saturated heterocycles. The van der Waals surface area contributed by atoms with E-state index in [0.29, 0.717) is 23.2 Å². The summed E-state index contributed by atoms with van der Waals surface area (Å²) in [6, 6.07) is 4.30. The number of hydrogen-bond donors (Lipinski definition) is 1. The van der Waals surface area contributed by atoms with Crippen LogP contribution >= 0.6 is 15.9 Å². The lowest BCUT2D eigenvalue weighted by Crippen LogP contribution is -2.35. The molecule has 0 spiro atoms. The van der Waals surface area contributed by atoms with E-state index in [4.69, 9.17) is 5.11 Å². The maximum absolute atomic E-state index is 10.9. The second kappa shape index (κ2) is 7.20. The average Bonchev–Trinajstić information content (AvgIpc) is 2.33. The maximum Gasteiger partial charge on any atom is 0.323 e. The van der Waals surface area contributed by atoms with Gasteiger partial charge in [-0.2, -0.15) is 0 Å². The number of anilines is 1. The van der Waals surface area contributed by atoms with Gasteiger partial charge in [0.2, 0.25) is 0 Å². The van der Waals surface area contributed by atoms with Crippen LogP contribution in [0.15, 0.2) is 22.7 Å². The van der Waals surface area contributed by atoms with E-state index in [2.05, 4.69) is 15.9 Å². The van der Waals surface area contributed by atoms with Gasteiger partial charge in [0, 0.05) is 29.7 Å². The standard InChI is InChI=1S/C12H16BrN3O4/c1-14(2)5-6-15(8-12(17)18)11-4-3-9(16(19)20)7-10(11)13/h3-4,7H,5-6,8H2,1-2H3,(H,17,18). The number of benzene rings is 1. The second-order valence-electron chi connectivity index (χ2n) is 4.51. The molecule has 0 fully saturated rings. The molecule has 20 heavy (non-hydrogen) atoms. The van der Waals surface area contributed by atoms with Gasteiger partial charge < -0.3 is 14.9 Å². The van der Waals surface area contributed by atoms with Gasteiger partial charge in [-0.1, -0.05) is 0 Å². The Bertz CT molecular complexity index is 507. The molecule has 0 radical (unpaired) electrons. The molecular weight excluding hydrogens is 330 g/mol. The molecule has 1 N–H and O–H groups in total. The predicted molar refractivity (Wildman–Crippen MR) is 79.2 cm³/mol. The van der Waals surface area contributed by atoms with Gasteiger partial charge >= 0.3 is 5.97 Å². The lowest BCUT2D eigenvalue weighted by atomic mass is 10.2. The molecule has 0 saturated carbocycles. The van der Waals surface area contributed by atoms with Crippen LogP contribution in [0.4, 0.5) is 11.4 Å². The van der Waals surface area contributed by atoms with Crippen LogP contribution in [0, 0.1) is 10.1 Å². The molecule has 0 amide bonds. The third-order valence-electron chi connectivity index (χ3n) is 2.63. The van der Waals surface area contributed by atoms with Crippen LogP contribution in [0.25, 0.3) is 0 Å². The lowest BCUT2D eigenvalue weighted by Gasteiger charge is -2.25. The first-order chi connectivity index (χ1) is 9.31. The fraction of sp³-hybridized carbons (Fsp3) is 0.417. The Balaban J connectivity index is 3.00. The molecule has 7 nitrogen and oxygen atoms in total. The quantitative estimate of drug-likeness (QED) is 0.599. The SMILES string of the molecule is CN(C)CCN(CC(=O)O)c1ccc([N+](=O)[O-])cc1Br. The molecule has 0 bridgehead atoms. The summed E-state index contributed by atoms with van der Waals surface area (Å²) in [4.78, 5) is 24.7. The van der Waals surface area contributed by atoms with Gasteiger partial charge in [-0.3, -0.25) is 14.9 Å². The summed E-state index contributed by atoms with van der Waals surface area (Å²) in [6.07, 6.45) is 0. The van der Waals surface area contributed by atoms with Gasteiger partial charge in [-0.15, -0.1) is 0 Å². The van der Waals surface area contributed by atoms with Crippen molar-refractivity contribution in [1.29, 1.82) is 0 Å². The minimum Gasteiger partial charge on any atom is -0.480 e. The Hall–Kier alpha value is -1.67. The number of non-ortho nitro benzene ring substituents is 1. The van der Waals surface area contributed by atoms with E-state index in [0.717, 1.165) is 0 Å². The van der Waals surface area contributed by atoms with Crippen molar-refractivity contribution < 1.29 is 14.8 Å². The van der Waals surface area contributed by atoms with Crippen molar-refractivity contribution in [1.82, 2.24) is 4.90 Å². The van der Waals surface area contributed by atoms with Crippen molar-refractivity contribution >= 4 is 33.3 Å². The number of carboxylic acid groups (broad SMARTS) is 1. The topological polar surface area (TPSA) is 86.9 Å². The fourth-order valence-electron chi connectivity index (χ4n) is 1.63. The number of halogens is 1. The van der Waals surface area contributed by atoms with E-state index in [-0.39, 0.29) is 12.2 Å². The van der Waals surface area contributed by atoms with Crippen LogP contribution in [0.1, 0.15) is 0 Å². The van der Waals surface area contributed by atoms with Crippen molar-refractivity contribution in [3.05, 3.63) is 32.8 Å². The van der Waals surface area contributed by atoms with Gasteiger partial charge in [0.15, 0.2) is 0 Å². The molecular formula is C12H16BrN3O4. The highest BCUT2D eigenvalue weighted by molar-refractivity contribution is 9.10. The number of hydrogen-bond acceptors (Lipinski definition) is 5. The monoisotopic (exact) mass is 345 g/mol. The summed E-state index contributed by atoms with van der Waals surface area (Å²) in [5.74, 6) is -0.950. The Morgan fingerprint density at radius 3 is 2.50 bits per heavy atom. The van der Waals surface area contributed by atoms with Crippen molar-refractivity contribution in [3.8, 4) is 0 Å². The van der Waals surface area contributed by atoms with Gasteiger partial charge in [-0.25, -0.2) is 0 Å². The highest BCUT2D eigenvalue weighted by Gasteiger charge is 2.16. The number of carbonyl (C=O) groups is 1. The van der Waals surface area contributed by atoms with Crippen LogP contribution in [-0.2, 0) is 4.79 Å². The number of rotatable bonds is 7. The highest BCUT2D eigenvalue weighted by atomic mass is 79.9. The van der Waals surface area contributed by atoms with Gasteiger partial charge in [0.1, 0.15) is 6.54 Å². The van der Waals surface area contributed by atoms with E-state index in [1.807, 2.05) is 19.0 Å². The first-order valence-electron chi connectivity index (χ1n) is 5.86. The number of carboxylic acids is 1. The molecule has 0 aromatic heterocycles. The van der Waals surface area contributed by atoms with Crippen LogP contribution < -0.4 is 4.90 Å². The number of likely N-dealkylation sites (N-methyl/N-ethyl adjacent to an activating group) is 1. The van der Waals surface area contributed by atoms with Crippen LogP contribution in [0.5, 0.6) is 0 Å². The van der Waals surface area contributed by atoms with Gasteiger partial charge in [-0.05, 0) is 36.1 Å². The molecule has 8 heteroatoms. The molecule has 110 valence electrons. The Morgan fingerprint density at radius 2 is 2.05 bits per heavy atom. The predicted octanol–water partition coefficient (Wildman–Crippen LogP) is 1.81. The molecule has 0 aliphatic rings. The Morgan fingerprint density at radius 1 is 1.40 bits per heavy atom. The highest BCUT2D eigenvalue weighted by Crippen LogP contribution is 2.30. The minimum atomic E-state index is -0.950. The van der Waals surface area contributed by atoms with Crippen LogP contribution in [0.2, 0.25) is 0 Å². The number of nitrogens with zero attached hydrogens (tertiary/aromatic N) is 3. The molecule has 1 rings (SSSR count). The molecule has 0 aliphatic carbocycles. The van der Waals surface area contributed by atoms with E-state index >= 15 is 0 Å². The summed E-state index contributed by atoms with van der Waals surface area (Å²) in [6.45, 7) is 1.02. The second-order valence-corrected chi connectivity index (χ2v) is 5.37. The number of aliphatic carboxylic acids is 1. The summed E-state index contributed by atoms with van der Waals surface area (Å²) in [7, 11) is 3.79. The number of nitro groups is 1. The van der Waals surface area contributed by atoms with Crippen molar-refractivity contribution in [2.24, 2.45) is 0 Å². The molecule has 1 aromatic carbocycles. The van der Waals surface area contributed by atoms with Crippen molar-refractivity contribution in [3.63, 3.8) is 0 Å². The smallest absolute Gasteiger partial charge is 0.323 e. The lowest BCUT2D eigenvalue weighted by molar-refractivity contribution is -0.384. The zero-order valence-electron chi connectivity index (χ0n) is 11.2. The Kier molecular flexibility index (Phi) is 5.90. The summed E-state index contributed by atoms with van der Waals surface area (Å²) in [5.41, 5.74) is 0.586. The summed E-state index contributed by atoms with van der Waals surface area (Å²) < 4.78 is 0.506. The number of nitro benzene ring substituents is 1. The first kappa shape index (κ1) is 16.4. The summed E-state index contributed by atoms with van der Waals surface area (Å²) in [5, 5.41) is 19.7. The molecule has 0 heterocycles. The van der Waals surface area contributed by atoms with Crippen molar-refractivity contribution in [2.75, 3.05) is 38.6 Å². The van der Waals surface area contributed by atoms with Crippen LogP contribution in [-0.4, -0.2) is 54.6 Å². The molecule has 0 atom stereocenters. The van der Waals surface area contributed by atoms with Crippen LogP contribution in [0.3, 0.4) is 0 Å². The molecule has 0 aliphatic heterocycles. The average molecular weight is 346 g/mol. The van der Waals surface area contributed by atoms with E-state index in [1.54, 1.807) is 11.0 Å². The Labute approximate surface area is 125 Å². The third-order valence-corrected chi connectivity index (χ3v) is 3.26. The van der Waals surface area contributed by atoms with Gasteiger partial charge in [0.05, 0.1) is 10.6 Å². The maximum atomic E-state index is 10.9. The third kappa shape index (κ3) is 4.78. The molecule has 0 unspecified atom stereocenters. The van der Waals surface area contributed by atoms with E-state index in [1.165, 1.54) is 12.1 Å². The molecule has 1 aromatic rings. The summed E-state index contributed by atoms with van der Waals surface area (Å²) >= 11 is 3.26. The minimum absolute atomic E-state index is 0.0384. The van der Waals surface area contributed by atoms with E-state index < -0.39 is 10.9 Å². The fourth-order valence-corrected chi connectivity index (χ4v) is 2.25. The largest absolute Gasteiger partial charge is 0.480 e. The first-order valence-corrected chi connectivity index (χ1v) is 6.66. The normalized spacial score (nSPS) is 10.6. The zero-order chi connectivity index (χ0) is 15.3. The van der Waals surface area contributed by atoms with E-state index in [9.17, 15) is 14.9 Å². The zero-order valence-corrected chi connectivity index (χ0v) is 12.8. The van der Waals surface area contributed by atoms with Gasteiger partial charge in [0.25, 0.3) is 5.69 Å².